The fraction of sp³-hybridized carbons (Fsp3) is 0.333. The highest BCUT2D eigenvalue weighted by atomic mass is 16.5. The maximum Gasteiger partial charge on any atom is 0.262 e. The van der Waals surface area contributed by atoms with Crippen LogP contribution in [0.3, 0.4) is 0 Å². The van der Waals surface area contributed by atoms with Crippen LogP contribution in [0.1, 0.15) is 65.0 Å². The number of hydrogen-bond donors (Lipinski definition) is 1. The van der Waals surface area contributed by atoms with E-state index in [9.17, 15) is 29.2 Å². The number of rotatable bonds is 12. The molecule has 4 aliphatic heterocycles. The molecule has 0 radical (unpaired) electrons. The molecule has 0 saturated carbocycles. The lowest BCUT2D eigenvalue weighted by Crippen LogP contribution is -2.54. The van der Waals surface area contributed by atoms with Crippen molar-refractivity contribution in [1.29, 1.82) is 5.26 Å². The number of carbonyl (C=O) groups excluding carboxylic acids is 5. The predicted octanol–water partition coefficient (Wildman–Crippen LogP) is 5.28. The minimum atomic E-state index is -1.01. The first-order chi connectivity index (χ1) is 28.5. The molecule has 8 rings (SSSR count). The van der Waals surface area contributed by atoms with Gasteiger partial charge in [0.2, 0.25) is 17.7 Å². The van der Waals surface area contributed by atoms with Crippen molar-refractivity contribution in [3.8, 4) is 28.7 Å². The second kappa shape index (κ2) is 16.0. The largest absolute Gasteiger partial charge is 0.495 e. The molecule has 302 valence electrons. The molecule has 2 unspecified atom stereocenters. The lowest BCUT2D eigenvalue weighted by atomic mass is 9.84. The zero-order valence-electron chi connectivity index (χ0n) is 33.0. The molecule has 4 aromatic carbocycles. The van der Waals surface area contributed by atoms with Gasteiger partial charge in [-0.3, -0.25) is 39.1 Å². The molecule has 4 aliphatic rings. The predicted molar refractivity (Wildman–Crippen MR) is 216 cm³/mol. The van der Waals surface area contributed by atoms with Gasteiger partial charge in [-0.15, -0.1) is 0 Å². The summed E-state index contributed by atoms with van der Waals surface area (Å²) in [5, 5.41) is 11.6. The molecule has 59 heavy (non-hydrogen) atoms. The topological polar surface area (TPSA) is 168 Å². The third-order valence-corrected chi connectivity index (χ3v) is 11.3. The van der Waals surface area contributed by atoms with E-state index in [4.69, 9.17) is 18.9 Å². The molecule has 2 fully saturated rings. The molecule has 1 N–H and O–H groups in total. The van der Waals surface area contributed by atoms with Gasteiger partial charge in [-0.25, -0.2) is 0 Å². The van der Waals surface area contributed by atoms with Gasteiger partial charge in [0, 0.05) is 44.3 Å². The highest BCUT2D eigenvalue weighted by molar-refractivity contribution is 6.23. The first-order valence-electron chi connectivity index (χ1n) is 19.6. The molecule has 0 aliphatic carbocycles. The standard InChI is InChI=1S/C45H43N5O9/c1-45(2)36-21-28(8-14-37(36)49(44(45)55)31-9-5-29(24-46)39(23-31)56-3)27-6-11-32(12-7-27)58-19-4-18-57-26-33-25-48(17-20-59-33)30-10-13-34-35(22-30)43(54)50(42(34)53)38-15-16-40(51)47-41(38)52/h5-14,21-23,33,38H,4,15-20,25-26H2,1-3H3,(H,47,51,52). The van der Waals surface area contributed by atoms with Crippen LogP contribution < -0.4 is 24.6 Å². The Kier molecular flexibility index (Phi) is 10.7. The van der Waals surface area contributed by atoms with Gasteiger partial charge >= 0.3 is 0 Å². The maximum absolute atomic E-state index is 13.7. The van der Waals surface area contributed by atoms with E-state index in [1.807, 2.05) is 50.2 Å². The molecule has 0 aromatic heterocycles. The van der Waals surface area contributed by atoms with Crippen LogP contribution in [0.2, 0.25) is 0 Å². The maximum atomic E-state index is 13.7. The average Bonchev–Trinajstić information content (AvgIpc) is 3.61. The number of nitrogens with one attached hydrogen (secondary N) is 1. The van der Waals surface area contributed by atoms with E-state index in [1.54, 1.807) is 41.3 Å². The second-order valence-electron chi connectivity index (χ2n) is 15.4. The van der Waals surface area contributed by atoms with E-state index in [-0.39, 0.29) is 36.0 Å². The summed E-state index contributed by atoms with van der Waals surface area (Å²) in [6.07, 6.45) is 0.637. The monoisotopic (exact) mass is 797 g/mol. The first kappa shape index (κ1) is 39.3. The van der Waals surface area contributed by atoms with Gasteiger partial charge < -0.3 is 23.8 Å². The van der Waals surface area contributed by atoms with Crippen LogP contribution in [0, 0.1) is 11.3 Å². The Morgan fingerprint density at radius 2 is 1.64 bits per heavy atom. The number of morpholine rings is 1. The van der Waals surface area contributed by atoms with Crippen molar-refractivity contribution in [2.75, 3.05) is 56.4 Å². The van der Waals surface area contributed by atoms with Crippen LogP contribution in [0.4, 0.5) is 17.1 Å². The fourth-order valence-corrected chi connectivity index (χ4v) is 8.10. The highest BCUT2D eigenvalue weighted by Gasteiger charge is 2.46. The van der Waals surface area contributed by atoms with Crippen LogP contribution in [0.25, 0.3) is 11.1 Å². The van der Waals surface area contributed by atoms with Crippen LogP contribution in [0.15, 0.2) is 78.9 Å². The minimum absolute atomic E-state index is 0.0615. The molecule has 5 amide bonds. The Bertz CT molecular complexity index is 2410. The third-order valence-electron chi connectivity index (χ3n) is 11.3. The number of fused-ring (bicyclic) bond motifs is 2. The molecule has 0 spiro atoms. The number of ether oxygens (including phenoxy) is 4. The molecular weight excluding hydrogens is 755 g/mol. The number of piperidine rings is 1. The fourth-order valence-electron chi connectivity index (χ4n) is 8.10. The summed E-state index contributed by atoms with van der Waals surface area (Å²) in [6.45, 7) is 6.74. The Hall–Kier alpha value is -6.56. The smallest absolute Gasteiger partial charge is 0.262 e. The quantitative estimate of drug-likeness (QED) is 0.146. The molecule has 4 aromatic rings. The van der Waals surface area contributed by atoms with Crippen LogP contribution >= 0.6 is 0 Å². The normalized spacial score (nSPS) is 19.7. The van der Waals surface area contributed by atoms with Crippen LogP contribution in [-0.4, -0.2) is 93.2 Å². The Labute approximate surface area is 341 Å². The Balaban J connectivity index is 0.810. The van der Waals surface area contributed by atoms with Crippen molar-refractivity contribution in [3.63, 3.8) is 0 Å². The zero-order valence-corrected chi connectivity index (χ0v) is 33.0. The summed E-state index contributed by atoms with van der Waals surface area (Å²) in [5.74, 6) is -1.04. The van der Waals surface area contributed by atoms with Crippen molar-refractivity contribution in [2.45, 2.75) is 50.7 Å². The van der Waals surface area contributed by atoms with Gasteiger partial charge in [-0.2, -0.15) is 5.26 Å². The van der Waals surface area contributed by atoms with Gasteiger partial charge in [-0.05, 0) is 91.6 Å². The number of amides is 5. The lowest BCUT2D eigenvalue weighted by Gasteiger charge is -2.34. The van der Waals surface area contributed by atoms with Gasteiger partial charge in [0.25, 0.3) is 11.8 Å². The van der Waals surface area contributed by atoms with Crippen molar-refractivity contribution < 1.29 is 42.9 Å². The van der Waals surface area contributed by atoms with E-state index < -0.39 is 35.1 Å². The van der Waals surface area contributed by atoms with E-state index in [1.165, 1.54) is 7.11 Å². The number of imide groups is 2. The number of nitrogens with zero attached hydrogens (tertiary/aromatic N) is 4. The van der Waals surface area contributed by atoms with Crippen LogP contribution in [-0.2, 0) is 29.3 Å². The summed E-state index contributed by atoms with van der Waals surface area (Å²) in [7, 11) is 1.50. The summed E-state index contributed by atoms with van der Waals surface area (Å²) in [5.41, 5.74) is 5.19. The number of methoxy groups -OCH3 is 1. The number of anilines is 3. The molecule has 14 nitrogen and oxygen atoms in total. The molecular formula is C45H43N5O9. The molecule has 0 bridgehead atoms. The van der Waals surface area contributed by atoms with E-state index in [0.717, 1.165) is 38.7 Å². The summed E-state index contributed by atoms with van der Waals surface area (Å²) in [6, 6.07) is 25.2. The average molecular weight is 798 g/mol. The second-order valence-corrected chi connectivity index (χ2v) is 15.4. The van der Waals surface area contributed by atoms with E-state index >= 15 is 0 Å². The minimum Gasteiger partial charge on any atom is -0.495 e. The summed E-state index contributed by atoms with van der Waals surface area (Å²) >= 11 is 0. The summed E-state index contributed by atoms with van der Waals surface area (Å²) < 4.78 is 23.3. The van der Waals surface area contributed by atoms with Crippen molar-refractivity contribution in [1.82, 2.24) is 10.2 Å². The van der Waals surface area contributed by atoms with Gasteiger partial charge in [0.05, 0.1) is 66.5 Å². The SMILES string of the molecule is COc1cc(N2C(=O)C(C)(C)c3cc(-c4ccc(OCCCOCC5CN(c6ccc7c(c6)C(=O)N(C6CCC(=O)NC6=O)C7=O)CCO5)cc4)ccc32)ccc1C#N. The first-order valence-corrected chi connectivity index (χ1v) is 19.6. The lowest BCUT2D eigenvalue weighted by molar-refractivity contribution is -0.136. The zero-order chi connectivity index (χ0) is 41.4. The van der Waals surface area contributed by atoms with Crippen molar-refractivity contribution in [3.05, 3.63) is 101 Å². The third kappa shape index (κ3) is 7.39. The van der Waals surface area contributed by atoms with Gasteiger partial charge in [0.15, 0.2) is 0 Å². The highest BCUT2D eigenvalue weighted by Crippen LogP contribution is 2.47. The number of carbonyl (C=O) groups is 5. The number of nitriles is 1. The van der Waals surface area contributed by atoms with Crippen molar-refractivity contribution >= 4 is 46.6 Å². The molecule has 2 atom stereocenters. The number of hydrogen-bond acceptors (Lipinski definition) is 11. The Morgan fingerprint density at radius 3 is 2.41 bits per heavy atom. The van der Waals surface area contributed by atoms with Crippen LogP contribution in [0.5, 0.6) is 11.5 Å². The number of benzene rings is 4. The molecule has 14 heteroatoms. The van der Waals surface area contributed by atoms with Gasteiger partial charge in [-0.1, -0.05) is 18.2 Å². The van der Waals surface area contributed by atoms with Gasteiger partial charge in [0.1, 0.15) is 23.6 Å². The molecule has 4 heterocycles. The van der Waals surface area contributed by atoms with E-state index in [2.05, 4.69) is 22.4 Å². The van der Waals surface area contributed by atoms with Crippen molar-refractivity contribution in [2.24, 2.45) is 0 Å². The molecule has 2 saturated heterocycles. The summed E-state index contributed by atoms with van der Waals surface area (Å²) in [4.78, 5) is 68.9. The van der Waals surface area contributed by atoms with E-state index in [0.29, 0.717) is 62.9 Å². The Morgan fingerprint density at radius 1 is 0.881 bits per heavy atom.